The van der Waals surface area contributed by atoms with Crippen LogP contribution in [-0.2, 0) is 16.1 Å². The molecule has 0 saturated carbocycles. The molecule has 1 atom stereocenters. The summed E-state index contributed by atoms with van der Waals surface area (Å²) in [5.74, 6) is 1.24. The van der Waals surface area contributed by atoms with E-state index in [1.807, 2.05) is 84.3 Å². The maximum absolute atomic E-state index is 13.2. The normalized spacial score (nSPS) is 14.1. The van der Waals surface area contributed by atoms with Crippen molar-refractivity contribution < 1.29 is 9.59 Å². The number of pyridine rings is 1. The maximum Gasteiger partial charge on any atom is 0.237 e. The summed E-state index contributed by atoms with van der Waals surface area (Å²) in [6.45, 7) is 2.90. The first kappa shape index (κ1) is 23.7. The molecule has 2 aromatic carbocycles. The summed E-state index contributed by atoms with van der Waals surface area (Å²) in [5, 5.41) is 11.9. The zero-order chi connectivity index (χ0) is 24.9. The second kappa shape index (κ2) is 10.7. The predicted molar refractivity (Wildman–Crippen MR) is 140 cm³/mol. The average Bonchev–Trinajstić information content (AvgIpc) is 3.51. The van der Waals surface area contributed by atoms with Crippen LogP contribution in [0.2, 0.25) is 0 Å². The van der Waals surface area contributed by atoms with E-state index in [4.69, 9.17) is 0 Å². The van der Waals surface area contributed by atoms with Gasteiger partial charge in [-0.15, -0.1) is 10.2 Å². The number of aromatic nitrogens is 4. The van der Waals surface area contributed by atoms with Crippen LogP contribution in [0.25, 0.3) is 16.9 Å². The minimum absolute atomic E-state index is 0.115. The van der Waals surface area contributed by atoms with Gasteiger partial charge in [-0.25, -0.2) is 4.98 Å². The summed E-state index contributed by atoms with van der Waals surface area (Å²) < 4.78 is 1.83. The number of thioether (sulfide) groups is 1. The Hall–Kier alpha value is -3.98. The van der Waals surface area contributed by atoms with E-state index < -0.39 is 5.25 Å². The number of anilines is 1. The summed E-state index contributed by atoms with van der Waals surface area (Å²) >= 11 is 1.31. The summed E-state index contributed by atoms with van der Waals surface area (Å²) in [6.07, 6.45) is 3.10. The number of amides is 2. The highest BCUT2D eigenvalue weighted by Crippen LogP contribution is 2.30. The number of nitrogens with one attached hydrogen (secondary N) is 1. The van der Waals surface area contributed by atoms with Gasteiger partial charge in [-0.2, -0.15) is 0 Å². The second-order valence-corrected chi connectivity index (χ2v) is 9.81. The Balaban J connectivity index is 1.37. The highest BCUT2D eigenvalue weighted by Gasteiger charge is 2.26. The quantitative estimate of drug-likeness (QED) is 0.358. The van der Waals surface area contributed by atoms with Crippen LogP contribution in [0.1, 0.15) is 25.6 Å². The largest absolute Gasteiger partial charge is 0.335 e. The molecule has 8 nitrogen and oxygen atoms in total. The molecule has 182 valence electrons. The van der Waals surface area contributed by atoms with E-state index in [0.717, 1.165) is 23.2 Å². The molecule has 1 aliphatic heterocycles. The summed E-state index contributed by atoms with van der Waals surface area (Å²) in [7, 11) is 0. The van der Waals surface area contributed by atoms with Gasteiger partial charge in [0.2, 0.25) is 11.8 Å². The molecule has 1 unspecified atom stereocenters. The number of para-hydroxylation sites is 1. The van der Waals surface area contributed by atoms with Crippen molar-refractivity contribution in [1.82, 2.24) is 24.6 Å². The van der Waals surface area contributed by atoms with Crippen molar-refractivity contribution in [3.63, 3.8) is 0 Å². The highest BCUT2D eigenvalue weighted by atomic mass is 32.2. The minimum atomic E-state index is -0.457. The third-order valence-corrected chi connectivity index (χ3v) is 7.05. The number of likely N-dealkylation sites (tertiary alicyclic amines) is 1. The number of rotatable bonds is 8. The molecule has 1 saturated heterocycles. The Bertz CT molecular complexity index is 1360. The van der Waals surface area contributed by atoms with E-state index in [-0.39, 0.29) is 11.8 Å². The average molecular weight is 499 g/mol. The highest BCUT2D eigenvalue weighted by molar-refractivity contribution is 8.00. The maximum atomic E-state index is 13.2. The van der Waals surface area contributed by atoms with Gasteiger partial charge in [0.25, 0.3) is 0 Å². The number of carbonyl (C=O) groups excluding carboxylic acids is 2. The number of benzene rings is 2. The van der Waals surface area contributed by atoms with Gasteiger partial charge in [-0.05, 0) is 37.1 Å². The monoisotopic (exact) mass is 498 g/mol. The molecule has 1 aliphatic rings. The summed E-state index contributed by atoms with van der Waals surface area (Å²) in [5.41, 5.74) is 2.74. The Morgan fingerprint density at radius 2 is 1.81 bits per heavy atom. The molecule has 9 heteroatoms. The number of carbonyl (C=O) groups is 2. The predicted octanol–water partition coefficient (Wildman–Crippen LogP) is 4.57. The van der Waals surface area contributed by atoms with Gasteiger partial charge < -0.3 is 10.2 Å². The van der Waals surface area contributed by atoms with Gasteiger partial charge in [-0.3, -0.25) is 14.2 Å². The zero-order valence-electron chi connectivity index (χ0n) is 19.9. The first-order valence-electron chi connectivity index (χ1n) is 11.9. The van der Waals surface area contributed by atoms with Crippen LogP contribution in [0.3, 0.4) is 0 Å². The third kappa shape index (κ3) is 5.16. The van der Waals surface area contributed by atoms with Gasteiger partial charge in [0.1, 0.15) is 5.82 Å². The molecule has 4 aromatic rings. The second-order valence-electron chi connectivity index (χ2n) is 8.50. The van der Waals surface area contributed by atoms with Crippen molar-refractivity contribution in [3.8, 4) is 16.9 Å². The van der Waals surface area contributed by atoms with Gasteiger partial charge in [0, 0.05) is 30.4 Å². The van der Waals surface area contributed by atoms with Crippen molar-refractivity contribution in [3.05, 3.63) is 84.8 Å². The van der Waals surface area contributed by atoms with Crippen LogP contribution in [0.15, 0.2) is 84.1 Å². The lowest BCUT2D eigenvalue weighted by Gasteiger charge is -2.17. The molecule has 0 spiro atoms. The van der Waals surface area contributed by atoms with Crippen LogP contribution >= 0.6 is 11.8 Å². The Morgan fingerprint density at radius 1 is 1.03 bits per heavy atom. The summed E-state index contributed by atoms with van der Waals surface area (Å²) in [4.78, 5) is 31.7. The van der Waals surface area contributed by atoms with E-state index in [0.29, 0.717) is 36.3 Å². The number of hydrogen-bond acceptors (Lipinski definition) is 6. The van der Waals surface area contributed by atoms with E-state index >= 15 is 0 Å². The molecule has 0 aliphatic carbocycles. The lowest BCUT2D eigenvalue weighted by molar-refractivity contribution is -0.128. The van der Waals surface area contributed by atoms with E-state index in [2.05, 4.69) is 20.5 Å². The van der Waals surface area contributed by atoms with Crippen LogP contribution in [0.4, 0.5) is 5.69 Å². The van der Waals surface area contributed by atoms with E-state index in [1.165, 1.54) is 11.8 Å². The molecule has 0 bridgehead atoms. The van der Waals surface area contributed by atoms with E-state index in [9.17, 15) is 9.59 Å². The molecule has 2 aromatic heterocycles. The standard InChI is InChI=1S/C27H26N6O2S/c1-19(26(35)29-22-13-6-5-12-21(22)20-10-3-2-4-11-20)36-27-31-30-24(18-32-17-9-15-25(32)34)33(27)23-14-7-8-16-28-23/h2-8,10-14,16,19H,9,15,17-18H2,1H3,(H,29,35). The van der Waals surface area contributed by atoms with Crippen LogP contribution in [0, 0.1) is 0 Å². The first-order chi connectivity index (χ1) is 17.6. The summed E-state index contributed by atoms with van der Waals surface area (Å²) in [6, 6.07) is 23.3. The molecule has 1 N–H and O–H groups in total. The Kier molecular flexibility index (Phi) is 7.08. The number of nitrogens with zero attached hydrogens (tertiary/aromatic N) is 5. The van der Waals surface area contributed by atoms with Gasteiger partial charge in [0.15, 0.2) is 11.0 Å². The van der Waals surface area contributed by atoms with Crippen molar-refractivity contribution in [2.75, 3.05) is 11.9 Å². The molecular weight excluding hydrogens is 472 g/mol. The lowest BCUT2D eigenvalue weighted by Crippen LogP contribution is -2.26. The minimum Gasteiger partial charge on any atom is -0.335 e. The van der Waals surface area contributed by atoms with Gasteiger partial charge >= 0.3 is 0 Å². The molecular formula is C27H26N6O2S. The first-order valence-corrected chi connectivity index (χ1v) is 12.7. The zero-order valence-corrected chi connectivity index (χ0v) is 20.7. The Morgan fingerprint density at radius 3 is 2.56 bits per heavy atom. The molecule has 0 radical (unpaired) electrons. The molecule has 3 heterocycles. The fraction of sp³-hybridized carbons (Fsp3) is 0.222. The van der Waals surface area contributed by atoms with Crippen molar-refractivity contribution in [1.29, 1.82) is 0 Å². The SMILES string of the molecule is CC(Sc1nnc(CN2CCCC2=O)n1-c1ccccn1)C(=O)Nc1ccccc1-c1ccccc1. The molecule has 2 amide bonds. The van der Waals surface area contributed by atoms with Crippen molar-refractivity contribution in [2.45, 2.75) is 36.7 Å². The molecule has 5 rings (SSSR count). The van der Waals surface area contributed by atoms with Crippen molar-refractivity contribution in [2.24, 2.45) is 0 Å². The van der Waals surface area contributed by atoms with E-state index in [1.54, 1.807) is 11.1 Å². The van der Waals surface area contributed by atoms with Crippen LogP contribution in [0.5, 0.6) is 0 Å². The van der Waals surface area contributed by atoms with Crippen LogP contribution < -0.4 is 5.32 Å². The van der Waals surface area contributed by atoms with Crippen LogP contribution in [-0.4, -0.2) is 48.3 Å². The fourth-order valence-corrected chi connectivity index (χ4v) is 5.02. The van der Waals surface area contributed by atoms with Gasteiger partial charge in [-0.1, -0.05) is 66.4 Å². The van der Waals surface area contributed by atoms with Crippen molar-refractivity contribution >= 4 is 29.3 Å². The third-order valence-electron chi connectivity index (χ3n) is 6.00. The number of hydrogen-bond donors (Lipinski definition) is 1. The topological polar surface area (TPSA) is 93.0 Å². The van der Waals surface area contributed by atoms with Gasteiger partial charge in [0.05, 0.1) is 11.8 Å². The lowest BCUT2D eigenvalue weighted by atomic mass is 10.0. The Labute approximate surface area is 213 Å². The molecule has 1 fully saturated rings. The smallest absolute Gasteiger partial charge is 0.237 e. The fourth-order valence-electron chi connectivity index (χ4n) is 4.14. The molecule has 36 heavy (non-hydrogen) atoms.